The van der Waals surface area contributed by atoms with E-state index in [9.17, 15) is 5.11 Å². The number of fused-ring (bicyclic) bond motifs is 1. The molecule has 0 unspecified atom stereocenters. The second-order valence-corrected chi connectivity index (χ2v) is 5.19. The molecular weight excluding hydrogens is 319 g/mol. The molecule has 120 valence electrons. The lowest BCUT2D eigenvalue weighted by Gasteiger charge is -2.34. The maximum Gasteiger partial charge on any atom is 0.123 e. The van der Waals surface area contributed by atoms with Crippen LogP contribution < -0.4 is 5.32 Å². The molecule has 1 aliphatic rings. The zero-order valence-corrected chi connectivity index (χ0v) is 14.0. The minimum absolute atomic E-state index is 0. The molecule has 0 aliphatic carbocycles. The number of hydrogen-bond acceptors (Lipinski definition) is 3. The molecule has 0 saturated carbocycles. The Morgan fingerprint density at radius 1 is 1.05 bits per heavy atom. The van der Waals surface area contributed by atoms with Crippen molar-refractivity contribution >= 4 is 35.6 Å². The lowest BCUT2D eigenvalue weighted by atomic mass is 9.96. The number of aromatic hydroxyl groups is 1. The maximum absolute atomic E-state index is 10.0. The van der Waals surface area contributed by atoms with E-state index in [1.165, 1.54) is 5.56 Å². The summed E-state index contributed by atoms with van der Waals surface area (Å²) in [7, 11) is 0. The molecule has 0 amide bonds. The van der Waals surface area contributed by atoms with Crippen LogP contribution in [0.3, 0.4) is 0 Å². The summed E-state index contributed by atoms with van der Waals surface area (Å²) in [5.41, 5.74) is 1.22. The van der Waals surface area contributed by atoms with Crippen LogP contribution in [0.1, 0.15) is 11.6 Å². The number of benzene rings is 2. The summed E-state index contributed by atoms with van der Waals surface area (Å²) in [6, 6.07) is 12.0. The van der Waals surface area contributed by atoms with Crippen LogP contribution in [0.4, 0.5) is 0 Å². The second kappa shape index (κ2) is 8.39. The van der Waals surface area contributed by atoms with Crippen LogP contribution >= 0.6 is 24.8 Å². The highest BCUT2D eigenvalue weighted by Crippen LogP contribution is 2.33. The van der Waals surface area contributed by atoms with Crippen molar-refractivity contribution in [2.75, 3.05) is 26.2 Å². The summed E-state index contributed by atoms with van der Waals surface area (Å²) in [5.74, 6) is 0.340. The van der Waals surface area contributed by atoms with Gasteiger partial charge in [-0.15, -0.1) is 31.4 Å². The highest BCUT2D eigenvalue weighted by molar-refractivity contribution is 5.91. The Morgan fingerprint density at radius 2 is 1.68 bits per heavy atom. The first-order valence-corrected chi connectivity index (χ1v) is 7.09. The van der Waals surface area contributed by atoms with Crippen molar-refractivity contribution in [3.8, 4) is 5.75 Å². The number of rotatable bonds is 3. The van der Waals surface area contributed by atoms with E-state index in [1.807, 2.05) is 30.3 Å². The van der Waals surface area contributed by atoms with Crippen LogP contribution in [0.2, 0.25) is 0 Å². The third-order valence-electron chi connectivity index (χ3n) is 4.02. The summed E-state index contributed by atoms with van der Waals surface area (Å²) in [6.07, 6.45) is 2.00. The topological polar surface area (TPSA) is 35.5 Å². The Kier molecular flexibility index (Phi) is 7.17. The van der Waals surface area contributed by atoms with Crippen LogP contribution in [0.15, 0.2) is 49.1 Å². The van der Waals surface area contributed by atoms with Crippen LogP contribution in [0.5, 0.6) is 5.75 Å². The SMILES string of the molecule is C=C[C@@H](c1ccc(O)c2ccccc12)N1CCNCC1.Cl.Cl. The summed E-state index contributed by atoms with van der Waals surface area (Å²) in [6.45, 7) is 8.09. The molecule has 2 aromatic carbocycles. The number of nitrogens with zero attached hydrogens (tertiary/aromatic N) is 1. The maximum atomic E-state index is 10.0. The van der Waals surface area contributed by atoms with Gasteiger partial charge in [-0.25, -0.2) is 0 Å². The van der Waals surface area contributed by atoms with Gasteiger partial charge in [-0.05, 0) is 17.0 Å². The second-order valence-electron chi connectivity index (χ2n) is 5.19. The van der Waals surface area contributed by atoms with Gasteiger partial charge in [0.25, 0.3) is 0 Å². The fourth-order valence-electron chi connectivity index (χ4n) is 3.00. The lowest BCUT2D eigenvalue weighted by Crippen LogP contribution is -2.44. The van der Waals surface area contributed by atoms with Crippen molar-refractivity contribution in [1.29, 1.82) is 0 Å². The molecule has 0 spiro atoms. The van der Waals surface area contributed by atoms with Gasteiger partial charge in [0.1, 0.15) is 5.75 Å². The van der Waals surface area contributed by atoms with Crippen molar-refractivity contribution in [3.63, 3.8) is 0 Å². The van der Waals surface area contributed by atoms with Crippen LogP contribution in [0.25, 0.3) is 10.8 Å². The van der Waals surface area contributed by atoms with E-state index in [4.69, 9.17) is 0 Å². The smallest absolute Gasteiger partial charge is 0.123 e. The van der Waals surface area contributed by atoms with Gasteiger partial charge in [0.05, 0.1) is 6.04 Å². The van der Waals surface area contributed by atoms with Gasteiger partial charge in [-0.3, -0.25) is 4.90 Å². The molecule has 3 rings (SSSR count). The molecule has 0 bridgehead atoms. The molecule has 5 heteroatoms. The van der Waals surface area contributed by atoms with E-state index in [2.05, 4.69) is 22.9 Å². The minimum Gasteiger partial charge on any atom is -0.507 e. The third-order valence-corrected chi connectivity index (χ3v) is 4.02. The summed E-state index contributed by atoms with van der Waals surface area (Å²) in [5, 5.41) is 15.4. The fourth-order valence-corrected chi connectivity index (χ4v) is 3.00. The monoisotopic (exact) mass is 340 g/mol. The third kappa shape index (κ3) is 3.55. The Labute approximate surface area is 143 Å². The van der Waals surface area contributed by atoms with Gasteiger partial charge in [-0.2, -0.15) is 0 Å². The number of phenolic OH excluding ortho intramolecular Hbond substituents is 1. The van der Waals surface area contributed by atoms with Gasteiger partial charge in [0, 0.05) is 31.6 Å². The van der Waals surface area contributed by atoms with Crippen molar-refractivity contribution < 1.29 is 5.11 Å². The highest BCUT2D eigenvalue weighted by atomic mass is 35.5. The molecule has 1 atom stereocenters. The lowest BCUT2D eigenvalue weighted by molar-refractivity contribution is 0.204. The zero-order chi connectivity index (χ0) is 13.9. The number of halogens is 2. The van der Waals surface area contributed by atoms with Crippen molar-refractivity contribution in [3.05, 3.63) is 54.6 Å². The number of nitrogens with one attached hydrogen (secondary N) is 1. The van der Waals surface area contributed by atoms with E-state index in [-0.39, 0.29) is 30.9 Å². The molecule has 3 nitrogen and oxygen atoms in total. The first-order chi connectivity index (χ1) is 9.81. The standard InChI is InChI=1S/C17H20N2O.2ClH/c1-2-16(19-11-9-18-10-12-19)14-7-8-17(20)15-6-4-3-5-13(14)15;;/h2-8,16,18,20H,1,9-12H2;2*1H/t16-;;/m0../s1. The predicted molar refractivity (Wildman–Crippen MR) is 97.5 cm³/mol. The van der Waals surface area contributed by atoms with Crippen LogP contribution in [-0.4, -0.2) is 36.2 Å². The van der Waals surface area contributed by atoms with Crippen LogP contribution in [-0.2, 0) is 0 Å². The summed E-state index contributed by atoms with van der Waals surface area (Å²) >= 11 is 0. The predicted octanol–water partition coefficient (Wildman–Crippen LogP) is 3.52. The first-order valence-electron chi connectivity index (χ1n) is 7.09. The molecule has 2 aromatic rings. The molecular formula is C17H22Cl2N2O. The molecule has 1 heterocycles. The van der Waals surface area contributed by atoms with Crippen LogP contribution in [0, 0.1) is 0 Å². The van der Waals surface area contributed by atoms with Gasteiger partial charge in [0.2, 0.25) is 0 Å². The summed E-state index contributed by atoms with van der Waals surface area (Å²) < 4.78 is 0. The minimum atomic E-state index is 0. The quantitative estimate of drug-likeness (QED) is 0.839. The Hall–Kier alpha value is -1.26. The number of phenols is 1. The average molecular weight is 341 g/mol. The molecule has 0 aromatic heterocycles. The van der Waals surface area contributed by atoms with Crippen molar-refractivity contribution in [2.45, 2.75) is 6.04 Å². The fraction of sp³-hybridized carbons (Fsp3) is 0.294. The van der Waals surface area contributed by atoms with Gasteiger partial charge >= 0.3 is 0 Å². The van der Waals surface area contributed by atoms with Gasteiger partial charge in [0.15, 0.2) is 0 Å². The Morgan fingerprint density at radius 3 is 2.32 bits per heavy atom. The van der Waals surface area contributed by atoms with E-state index >= 15 is 0 Å². The number of piperazine rings is 1. The van der Waals surface area contributed by atoms with Crippen molar-refractivity contribution in [1.82, 2.24) is 10.2 Å². The first kappa shape index (κ1) is 18.8. The molecule has 1 aliphatic heterocycles. The van der Waals surface area contributed by atoms with Gasteiger partial charge in [-0.1, -0.05) is 36.4 Å². The molecule has 2 N–H and O–H groups in total. The van der Waals surface area contributed by atoms with Gasteiger partial charge < -0.3 is 10.4 Å². The Balaban J connectivity index is 0.00000121. The van der Waals surface area contributed by atoms with E-state index in [0.29, 0.717) is 5.75 Å². The van der Waals surface area contributed by atoms with E-state index in [1.54, 1.807) is 6.07 Å². The molecule has 1 fully saturated rings. The number of hydrogen-bond donors (Lipinski definition) is 2. The largest absolute Gasteiger partial charge is 0.507 e. The van der Waals surface area contributed by atoms with E-state index in [0.717, 1.165) is 37.0 Å². The zero-order valence-electron chi connectivity index (χ0n) is 12.4. The normalized spacial score (nSPS) is 16.4. The highest BCUT2D eigenvalue weighted by Gasteiger charge is 2.21. The molecule has 1 saturated heterocycles. The molecule has 0 radical (unpaired) electrons. The molecule has 22 heavy (non-hydrogen) atoms. The van der Waals surface area contributed by atoms with Crippen molar-refractivity contribution in [2.24, 2.45) is 0 Å². The van der Waals surface area contributed by atoms with E-state index < -0.39 is 0 Å². The summed E-state index contributed by atoms with van der Waals surface area (Å²) in [4.78, 5) is 2.43. The Bertz CT molecular complexity index is 627. The average Bonchev–Trinajstić information content (AvgIpc) is 2.52.